The van der Waals surface area contributed by atoms with Crippen LogP contribution in [0.25, 0.3) is 0 Å². The van der Waals surface area contributed by atoms with E-state index in [4.69, 9.17) is 4.74 Å². The van der Waals surface area contributed by atoms with Crippen molar-refractivity contribution in [1.29, 1.82) is 0 Å². The highest BCUT2D eigenvalue weighted by Crippen LogP contribution is 2.32. The molecule has 1 fully saturated rings. The van der Waals surface area contributed by atoms with Gasteiger partial charge in [-0.05, 0) is 44.5 Å². The summed E-state index contributed by atoms with van der Waals surface area (Å²) in [6.45, 7) is 0.577. The van der Waals surface area contributed by atoms with E-state index in [1.807, 2.05) is 0 Å². The average Bonchev–Trinajstić information content (AvgIpc) is 2.51. The van der Waals surface area contributed by atoms with Crippen LogP contribution in [0.1, 0.15) is 18.4 Å². The number of anilines is 1. The van der Waals surface area contributed by atoms with Gasteiger partial charge >= 0.3 is 6.61 Å². The van der Waals surface area contributed by atoms with Crippen LogP contribution in [-0.4, -0.2) is 39.3 Å². The average molecular weight is 328 g/mol. The minimum absolute atomic E-state index is 0.0592. The summed E-state index contributed by atoms with van der Waals surface area (Å²) < 4.78 is 34.5. The molecule has 0 aromatic heterocycles. The number of halogens is 2. The van der Waals surface area contributed by atoms with Crippen LogP contribution in [0.3, 0.4) is 0 Å². The molecule has 1 aromatic carbocycles. The molecule has 7 heteroatoms. The zero-order chi connectivity index (χ0) is 16.9. The van der Waals surface area contributed by atoms with Gasteiger partial charge in [-0.2, -0.15) is 8.78 Å². The molecule has 0 atom stereocenters. The number of amides is 1. The third-order valence-corrected chi connectivity index (χ3v) is 4.13. The number of piperidine rings is 1. The number of ether oxygens (including phenoxy) is 2. The third kappa shape index (κ3) is 4.39. The van der Waals surface area contributed by atoms with Gasteiger partial charge in [0.05, 0.1) is 12.0 Å². The number of aryl methyl sites for hydroxylation is 1. The van der Waals surface area contributed by atoms with E-state index >= 15 is 0 Å². The third-order valence-electron chi connectivity index (χ3n) is 4.13. The summed E-state index contributed by atoms with van der Waals surface area (Å²) in [7, 11) is 1.57. The van der Waals surface area contributed by atoms with Crippen LogP contribution in [0.4, 0.5) is 14.5 Å². The second kappa shape index (κ2) is 7.70. The Kier molecular flexibility index (Phi) is 5.90. The van der Waals surface area contributed by atoms with E-state index in [1.165, 1.54) is 6.07 Å². The minimum atomic E-state index is -2.90. The maximum atomic E-state index is 12.7. The Morgan fingerprint density at radius 3 is 2.70 bits per heavy atom. The molecule has 0 radical (unpaired) electrons. The van der Waals surface area contributed by atoms with Gasteiger partial charge in [0.25, 0.3) is 0 Å². The fourth-order valence-electron chi connectivity index (χ4n) is 2.78. The van der Waals surface area contributed by atoms with Gasteiger partial charge < -0.3 is 20.1 Å². The lowest BCUT2D eigenvalue weighted by Gasteiger charge is -2.35. The van der Waals surface area contributed by atoms with Gasteiger partial charge in [0.1, 0.15) is 5.75 Å². The summed E-state index contributed by atoms with van der Waals surface area (Å²) in [5.41, 5.74) is 0.413. The molecule has 1 heterocycles. The van der Waals surface area contributed by atoms with Crippen molar-refractivity contribution in [1.82, 2.24) is 5.32 Å². The molecule has 1 saturated heterocycles. The second-order valence-corrected chi connectivity index (χ2v) is 5.78. The molecular formula is C16H22F2N2O3. The van der Waals surface area contributed by atoms with E-state index in [9.17, 15) is 13.6 Å². The predicted octanol–water partition coefficient (Wildman–Crippen LogP) is 2.55. The van der Waals surface area contributed by atoms with Crippen molar-refractivity contribution in [2.24, 2.45) is 5.41 Å². The lowest BCUT2D eigenvalue weighted by molar-refractivity contribution is -0.130. The van der Waals surface area contributed by atoms with Crippen LogP contribution in [-0.2, 0) is 9.53 Å². The molecule has 1 aliphatic heterocycles. The Morgan fingerprint density at radius 1 is 1.39 bits per heavy atom. The van der Waals surface area contributed by atoms with E-state index < -0.39 is 12.0 Å². The molecule has 1 amide bonds. The topological polar surface area (TPSA) is 59.6 Å². The Balaban J connectivity index is 2.15. The summed E-state index contributed by atoms with van der Waals surface area (Å²) in [5, 5.41) is 6.02. The first-order valence-electron chi connectivity index (χ1n) is 7.53. The van der Waals surface area contributed by atoms with E-state index in [2.05, 4.69) is 15.4 Å². The lowest BCUT2D eigenvalue weighted by Crippen LogP contribution is -2.47. The van der Waals surface area contributed by atoms with Gasteiger partial charge in [0.2, 0.25) is 5.91 Å². The zero-order valence-corrected chi connectivity index (χ0v) is 13.3. The summed E-state index contributed by atoms with van der Waals surface area (Å²) in [6.07, 6.45) is 1.33. The summed E-state index contributed by atoms with van der Waals surface area (Å²) in [6, 6.07) is 4.73. The van der Waals surface area contributed by atoms with Crippen molar-refractivity contribution in [3.63, 3.8) is 0 Å². The first-order chi connectivity index (χ1) is 11.0. The molecule has 1 aliphatic rings. The van der Waals surface area contributed by atoms with E-state index in [1.54, 1.807) is 26.2 Å². The number of hydrogen-bond donors (Lipinski definition) is 2. The smallest absolute Gasteiger partial charge is 0.387 e. The highest BCUT2D eigenvalue weighted by molar-refractivity contribution is 5.95. The number of nitrogens with one attached hydrogen (secondary N) is 2. The van der Waals surface area contributed by atoms with Gasteiger partial charge in [-0.3, -0.25) is 4.79 Å². The standard InChI is InChI=1S/C16H22F2N2O3/c1-11-3-4-12(9-13(11)23-15(17)18)20-14(21)16(10-22-2)5-7-19-8-6-16/h3-4,9,15,19H,5-8,10H2,1-2H3,(H,20,21). The van der Waals surface area contributed by atoms with Crippen molar-refractivity contribution in [3.05, 3.63) is 23.8 Å². The molecule has 0 spiro atoms. The van der Waals surface area contributed by atoms with Crippen molar-refractivity contribution < 1.29 is 23.0 Å². The van der Waals surface area contributed by atoms with Gasteiger partial charge in [-0.1, -0.05) is 6.07 Å². The minimum Gasteiger partial charge on any atom is -0.434 e. The fraction of sp³-hybridized carbons (Fsp3) is 0.562. The highest BCUT2D eigenvalue weighted by atomic mass is 19.3. The number of hydrogen-bond acceptors (Lipinski definition) is 4. The first-order valence-corrected chi connectivity index (χ1v) is 7.53. The number of rotatable bonds is 6. The predicted molar refractivity (Wildman–Crippen MR) is 82.9 cm³/mol. The highest BCUT2D eigenvalue weighted by Gasteiger charge is 2.39. The molecule has 0 saturated carbocycles. The fourth-order valence-corrected chi connectivity index (χ4v) is 2.78. The van der Waals surface area contributed by atoms with Crippen molar-refractivity contribution in [2.45, 2.75) is 26.4 Å². The number of carbonyl (C=O) groups excluding carboxylic acids is 1. The molecule has 2 N–H and O–H groups in total. The van der Waals surface area contributed by atoms with Crippen LogP contribution < -0.4 is 15.4 Å². The van der Waals surface area contributed by atoms with Crippen LogP contribution in [0.2, 0.25) is 0 Å². The van der Waals surface area contributed by atoms with Gasteiger partial charge in [0, 0.05) is 18.9 Å². The van der Waals surface area contributed by atoms with E-state index in [0.717, 1.165) is 13.1 Å². The molecule has 2 rings (SSSR count). The summed E-state index contributed by atoms with van der Waals surface area (Å²) >= 11 is 0. The summed E-state index contributed by atoms with van der Waals surface area (Å²) in [4.78, 5) is 12.7. The molecule has 1 aromatic rings. The van der Waals surface area contributed by atoms with Gasteiger partial charge in [-0.15, -0.1) is 0 Å². The number of benzene rings is 1. The second-order valence-electron chi connectivity index (χ2n) is 5.78. The van der Waals surface area contributed by atoms with Crippen LogP contribution in [0.5, 0.6) is 5.75 Å². The largest absolute Gasteiger partial charge is 0.434 e. The SMILES string of the molecule is COCC1(C(=O)Nc2ccc(C)c(OC(F)F)c2)CCNCC1. The van der Waals surface area contributed by atoms with E-state index in [-0.39, 0.29) is 11.7 Å². The zero-order valence-electron chi connectivity index (χ0n) is 13.3. The Bertz CT molecular complexity index is 541. The molecule has 0 bridgehead atoms. The number of carbonyl (C=O) groups is 1. The molecule has 0 aliphatic carbocycles. The molecule has 128 valence electrons. The Morgan fingerprint density at radius 2 is 2.09 bits per heavy atom. The van der Waals surface area contributed by atoms with E-state index in [0.29, 0.717) is 30.7 Å². The van der Waals surface area contributed by atoms with Crippen LogP contribution in [0.15, 0.2) is 18.2 Å². The number of methoxy groups -OCH3 is 1. The summed E-state index contributed by atoms with van der Waals surface area (Å²) in [5.74, 6) is -0.100. The normalized spacial score (nSPS) is 17.1. The molecular weight excluding hydrogens is 306 g/mol. The van der Waals surface area contributed by atoms with Crippen molar-refractivity contribution in [3.8, 4) is 5.75 Å². The first kappa shape index (κ1) is 17.6. The van der Waals surface area contributed by atoms with Crippen LogP contribution >= 0.6 is 0 Å². The molecule has 0 unspecified atom stereocenters. The number of alkyl halides is 2. The Hall–Kier alpha value is -1.73. The lowest BCUT2D eigenvalue weighted by atomic mass is 9.78. The molecule has 23 heavy (non-hydrogen) atoms. The quantitative estimate of drug-likeness (QED) is 0.842. The molecule has 5 nitrogen and oxygen atoms in total. The van der Waals surface area contributed by atoms with Gasteiger partial charge in [0.15, 0.2) is 0 Å². The van der Waals surface area contributed by atoms with Gasteiger partial charge in [-0.25, -0.2) is 0 Å². The maximum absolute atomic E-state index is 12.7. The van der Waals surface area contributed by atoms with Crippen molar-refractivity contribution in [2.75, 3.05) is 32.1 Å². The monoisotopic (exact) mass is 328 g/mol. The van der Waals surface area contributed by atoms with Crippen LogP contribution in [0, 0.1) is 12.3 Å². The Labute approximate surface area is 134 Å². The maximum Gasteiger partial charge on any atom is 0.387 e. The van der Waals surface area contributed by atoms with Crippen molar-refractivity contribution >= 4 is 11.6 Å².